The third kappa shape index (κ3) is 4.47. The van der Waals surface area contributed by atoms with Crippen molar-refractivity contribution < 1.29 is 14.3 Å². The summed E-state index contributed by atoms with van der Waals surface area (Å²) >= 11 is 0. The van der Waals surface area contributed by atoms with Crippen LogP contribution in [-0.4, -0.2) is 41.9 Å². The summed E-state index contributed by atoms with van der Waals surface area (Å²) < 4.78 is 11.3. The van der Waals surface area contributed by atoms with Gasteiger partial charge in [0.05, 0.1) is 25.3 Å². The van der Waals surface area contributed by atoms with Crippen molar-refractivity contribution in [1.82, 2.24) is 4.90 Å². The first kappa shape index (κ1) is 19.0. The summed E-state index contributed by atoms with van der Waals surface area (Å²) in [5.74, 6) is 0. The SMILES string of the molecule is CCCCc1ccc(C2=CC3COCC(C2)N3C(=O)OC(C)(C)C)cc1. The van der Waals surface area contributed by atoms with Crippen LogP contribution in [0.5, 0.6) is 0 Å². The molecular weight excluding hydrogens is 326 g/mol. The lowest BCUT2D eigenvalue weighted by atomic mass is 9.89. The highest BCUT2D eigenvalue weighted by molar-refractivity contribution is 5.74. The molecule has 142 valence electrons. The lowest BCUT2D eigenvalue weighted by Crippen LogP contribution is -2.57. The number of amides is 1. The summed E-state index contributed by atoms with van der Waals surface area (Å²) in [7, 11) is 0. The average molecular weight is 357 g/mol. The molecule has 0 saturated carbocycles. The maximum atomic E-state index is 12.6. The summed E-state index contributed by atoms with van der Waals surface area (Å²) in [5, 5.41) is 0. The zero-order valence-electron chi connectivity index (χ0n) is 16.5. The van der Waals surface area contributed by atoms with Gasteiger partial charge in [0.15, 0.2) is 0 Å². The Balaban J connectivity index is 1.76. The Hall–Kier alpha value is -1.81. The Bertz CT molecular complexity index is 657. The first-order chi connectivity index (χ1) is 12.4. The van der Waals surface area contributed by atoms with Crippen molar-refractivity contribution in [3.05, 3.63) is 41.5 Å². The van der Waals surface area contributed by atoms with Crippen LogP contribution in [0.2, 0.25) is 0 Å². The summed E-state index contributed by atoms with van der Waals surface area (Å²) in [6.45, 7) is 9.04. The summed E-state index contributed by atoms with van der Waals surface area (Å²) in [6.07, 6.45) is 6.35. The van der Waals surface area contributed by atoms with Crippen molar-refractivity contribution in [2.24, 2.45) is 0 Å². The highest BCUT2D eigenvalue weighted by Crippen LogP contribution is 2.33. The number of morpholine rings is 1. The number of unbranched alkanes of at least 4 members (excludes halogenated alkanes) is 1. The summed E-state index contributed by atoms with van der Waals surface area (Å²) in [5.41, 5.74) is 3.48. The zero-order chi connectivity index (χ0) is 18.7. The molecule has 1 aromatic rings. The molecule has 0 aromatic heterocycles. The van der Waals surface area contributed by atoms with Crippen LogP contribution in [0.4, 0.5) is 4.79 Å². The third-order valence-corrected chi connectivity index (χ3v) is 4.95. The Kier molecular flexibility index (Phi) is 5.71. The number of rotatable bonds is 4. The Labute approximate surface area is 157 Å². The molecule has 3 rings (SSSR count). The van der Waals surface area contributed by atoms with Gasteiger partial charge in [-0.2, -0.15) is 0 Å². The van der Waals surface area contributed by atoms with Gasteiger partial charge < -0.3 is 9.47 Å². The second-order valence-electron chi connectivity index (χ2n) is 8.34. The second-order valence-corrected chi connectivity index (χ2v) is 8.34. The number of hydrogen-bond acceptors (Lipinski definition) is 3. The van der Waals surface area contributed by atoms with E-state index in [1.54, 1.807) is 0 Å². The minimum atomic E-state index is -0.482. The molecular formula is C22H31NO3. The fourth-order valence-electron chi connectivity index (χ4n) is 3.68. The van der Waals surface area contributed by atoms with E-state index >= 15 is 0 Å². The number of ether oxygens (including phenoxy) is 2. The largest absolute Gasteiger partial charge is 0.444 e. The Morgan fingerprint density at radius 1 is 1.23 bits per heavy atom. The number of hydrogen-bond donors (Lipinski definition) is 0. The monoisotopic (exact) mass is 357 g/mol. The topological polar surface area (TPSA) is 38.8 Å². The van der Waals surface area contributed by atoms with Crippen LogP contribution in [0.3, 0.4) is 0 Å². The predicted octanol–water partition coefficient (Wildman–Crippen LogP) is 4.82. The molecule has 0 aliphatic carbocycles. The van der Waals surface area contributed by atoms with E-state index in [1.165, 1.54) is 29.5 Å². The number of aryl methyl sites for hydroxylation is 1. The molecule has 2 aliphatic heterocycles. The van der Waals surface area contributed by atoms with Crippen molar-refractivity contribution >= 4 is 11.7 Å². The van der Waals surface area contributed by atoms with Crippen molar-refractivity contribution in [2.75, 3.05) is 13.2 Å². The standard InChI is InChI=1S/C22H31NO3/c1-5-6-7-16-8-10-17(11-9-16)18-12-19-14-25-15-20(13-18)23(19)21(24)26-22(2,3)4/h8-12,19-20H,5-7,13-15H2,1-4H3. The van der Waals surface area contributed by atoms with E-state index in [4.69, 9.17) is 9.47 Å². The second kappa shape index (κ2) is 7.83. The molecule has 4 nitrogen and oxygen atoms in total. The molecule has 0 radical (unpaired) electrons. The van der Waals surface area contributed by atoms with Crippen LogP contribution >= 0.6 is 0 Å². The van der Waals surface area contributed by atoms with E-state index in [1.807, 2.05) is 25.7 Å². The van der Waals surface area contributed by atoms with Crippen LogP contribution in [-0.2, 0) is 15.9 Å². The molecule has 26 heavy (non-hydrogen) atoms. The van der Waals surface area contributed by atoms with E-state index in [-0.39, 0.29) is 18.2 Å². The van der Waals surface area contributed by atoms with Crippen LogP contribution < -0.4 is 0 Å². The van der Waals surface area contributed by atoms with Gasteiger partial charge in [0.2, 0.25) is 0 Å². The molecule has 0 N–H and O–H groups in total. The Morgan fingerprint density at radius 3 is 2.58 bits per heavy atom. The average Bonchev–Trinajstić information content (AvgIpc) is 2.57. The van der Waals surface area contributed by atoms with E-state index in [0.29, 0.717) is 13.2 Å². The van der Waals surface area contributed by atoms with E-state index in [2.05, 4.69) is 37.3 Å². The van der Waals surface area contributed by atoms with Crippen molar-refractivity contribution in [3.63, 3.8) is 0 Å². The fourth-order valence-corrected chi connectivity index (χ4v) is 3.68. The maximum Gasteiger partial charge on any atom is 0.411 e. The van der Waals surface area contributed by atoms with E-state index < -0.39 is 5.60 Å². The van der Waals surface area contributed by atoms with Crippen LogP contribution in [0.25, 0.3) is 5.57 Å². The number of carbonyl (C=O) groups is 1. The van der Waals surface area contributed by atoms with Crippen LogP contribution in [0.15, 0.2) is 30.3 Å². The maximum absolute atomic E-state index is 12.6. The van der Waals surface area contributed by atoms with Gasteiger partial charge in [-0.3, -0.25) is 4.90 Å². The molecule has 2 bridgehead atoms. The molecule has 1 fully saturated rings. The first-order valence-corrected chi connectivity index (χ1v) is 9.76. The molecule has 2 aliphatic rings. The molecule has 1 amide bonds. The third-order valence-electron chi connectivity index (χ3n) is 4.95. The van der Waals surface area contributed by atoms with E-state index in [9.17, 15) is 4.79 Å². The van der Waals surface area contributed by atoms with Crippen LogP contribution in [0, 0.1) is 0 Å². The molecule has 0 spiro atoms. The number of fused-ring (bicyclic) bond motifs is 2. The molecule has 2 heterocycles. The lowest BCUT2D eigenvalue weighted by Gasteiger charge is -2.44. The van der Waals surface area contributed by atoms with Gasteiger partial charge in [-0.25, -0.2) is 4.79 Å². The lowest BCUT2D eigenvalue weighted by molar-refractivity contribution is -0.0510. The molecule has 1 aromatic carbocycles. The molecule has 2 unspecified atom stereocenters. The van der Waals surface area contributed by atoms with Gasteiger partial charge in [0.1, 0.15) is 5.60 Å². The highest BCUT2D eigenvalue weighted by Gasteiger charge is 2.40. The van der Waals surface area contributed by atoms with Crippen LogP contribution in [0.1, 0.15) is 58.1 Å². The minimum absolute atomic E-state index is 0.0448. The van der Waals surface area contributed by atoms with Gasteiger partial charge in [-0.05, 0) is 56.7 Å². The first-order valence-electron chi connectivity index (χ1n) is 9.76. The van der Waals surface area contributed by atoms with Gasteiger partial charge in [-0.1, -0.05) is 43.7 Å². The predicted molar refractivity (Wildman–Crippen MR) is 104 cm³/mol. The van der Waals surface area contributed by atoms with Gasteiger partial charge in [0, 0.05) is 0 Å². The summed E-state index contributed by atoms with van der Waals surface area (Å²) in [4.78, 5) is 14.5. The summed E-state index contributed by atoms with van der Waals surface area (Å²) in [6, 6.07) is 8.90. The zero-order valence-corrected chi connectivity index (χ0v) is 16.5. The molecule has 1 saturated heterocycles. The minimum Gasteiger partial charge on any atom is -0.444 e. The van der Waals surface area contributed by atoms with Crippen molar-refractivity contribution in [3.8, 4) is 0 Å². The number of nitrogens with zero attached hydrogens (tertiary/aromatic N) is 1. The fraction of sp³-hybridized carbons (Fsp3) is 0.591. The van der Waals surface area contributed by atoms with Gasteiger partial charge in [-0.15, -0.1) is 0 Å². The number of carbonyl (C=O) groups excluding carboxylic acids is 1. The molecule has 4 heteroatoms. The van der Waals surface area contributed by atoms with E-state index in [0.717, 1.165) is 12.8 Å². The highest BCUT2D eigenvalue weighted by atomic mass is 16.6. The smallest absolute Gasteiger partial charge is 0.411 e. The molecule has 2 atom stereocenters. The quantitative estimate of drug-likeness (QED) is 0.775. The normalized spacial score (nSPS) is 22.8. The van der Waals surface area contributed by atoms with Crippen molar-refractivity contribution in [2.45, 2.75) is 71.1 Å². The number of benzene rings is 1. The van der Waals surface area contributed by atoms with Crippen molar-refractivity contribution in [1.29, 1.82) is 0 Å². The van der Waals surface area contributed by atoms with Gasteiger partial charge >= 0.3 is 6.09 Å². The Morgan fingerprint density at radius 2 is 1.96 bits per heavy atom. The van der Waals surface area contributed by atoms with Gasteiger partial charge in [0.25, 0.3) is 0 Å².